The van der Waals surface area contributed by atoms with Crippen molar-refractivity contribution in [2.24, 2.45) is 17.8 Å². The topological polar surface area (TPSA) is 18.5 Å². The van der Waals surface area contributed by atoms with Gasteiger partial charge in [-0.05, 0) is 92.7 Å². The average molecular weight is 396 g/mol. The van der Waals surface area contributed by atoms with Crippen LogP contribution in [0.1, 0.15) is 62.8 Å². The van der Waals surface area contributed by atoms with E-state index >= 15 is 0 Å². The minimum atomic E-state index is -4.63. The van der Waals surface area contributed by atoms with Crippen LogP contribution in [-0.4, -0.2) is 20.1 Å². The molecule has 0 aromatic heterocycles. The lowest BCUT2D eigenvalue weighted by molar-refractivity contribution is -0.274. The fraction of sp³-hybridized carbons (Fsp3) is 0.652. The highest BCUT2D eigenvalue weighted by Crippen LogP contribution is 2.44. The van der Waals surface area contributed by atoms with Crippen LogP contribution in [0, 0.1) is 17.8 Å². The second-order valence-electron chi connectivity index (χ2n) is 8.29. The van der Waals surface area contributed by atoms with Gasteiger partial charge in [0.15, 0.2) is 0 Å². The predicted molar refractivity (Wildman–Crippen MR) is 104 cm³/mol. The summed E-state index contributed by atoms with van der Waals surface area (Å²) in [5, 5.41) is 0. The minimum absolute atomic E-state index is 0.138. The van der Waals surface area contributed by atoms with Crippen LogP contribution in [-0.2, 0) is 4.74 Å². The van der Waals surface area contributed by atoms with Gasteiger partial charge in [-0.3, -0.25) is 0 Å². The van der Waals surface area contributed by atoms with Crippen LogP contribution >= 0.6 is 0 Å². The van der Waals surface area contributed by atoms with Gasteiger partial charge in [0.2, 0.25) is 0 Å². The van der Waals surface area contributed by atoms with E-state index in [-0.39, 0.29) is 5.75 Å². The molecule has 0 radical (unpaired) electrons. The highest BCUT2D eigenvalue weighted by Gasteiger charge is 2.32. The summed E-state index contributed by atoms with van der Waals surface area (Å²) in [6.45, 7) is 0.702. The van der Waals surface area contributed by atoms with Crippen LogP contribution in [0.25, 0.3) is 0 Å². The number of hydrogen-bond acceptors (Lipinski definition) is 2. The van der Waals surface area contributed by atoms with E-state index in [0.717, 1.165) is 30.2 Å². The second-order valence-corrected chi connectivity index (χ2v) is 8.29. The normalized spacial score (nSPS) is 29.1. The monoisotopic (exact) mass is 396 g/mol. The molecule has 2 nitrogen and oxygen atoms in total. The average Bonchev–Trinajstić information content (AvgIpc) is 2.68. The fourth-order valence-electron chi connectivity index (χ4n) is 5.02. The molecule has 0 unspecified atom stereocenters. The molecule has 0 bridgehead atoms. The zero-order valence-electron chi connectivity index (χ0n) is 16.6. The number of benzene rings is 1. The molecule has 1 aromatic carbocycles. The first-order chi connectivity index (χ1) is 13.4. The van der Waals surface area contributed by atoms with Gasteiger partial charge < -0.3 is 9.47 Å². The maximum Gasteiger partial charge on any atom is 0.573 e. The predicted octanol–water partition coefficient (Wildman–Crippen LogP) is 6.87. The van der Waals surface area contributed by atoms with E-state index < -0.39 is 6.36 Å². The number of hydrogen-bond donors (Lipinski definition) is 0. The van der Waals surface area contributed by atoms with Crippen molar-refractivity contribution in [3.63, 3.8) is 0 Å². The van der Waals surface area contributed by atoms with Crippen molar-refractivity contribution >= 4 is 0 Å². The molecule has 0 N–H and O–H groups in total. The van der Waals surface area contributed by atoms with Gasteiger partial charge in [0.05, 0.1) is 6.61 Å². The molecule has 2 fully saturated rings. The van der Waals surface area contributed by atoms with E-state index in [1.54, 1.807) is 19.2 Å². The van der Waals surface area contributed by atoms with E-state index in [9.17, 15) is 13.2 Å². The fourth-order valence-corrected chi connectivity index (χ4v) is 5.02. The van der Waals surface area contributed by atoms with Crippen molar-refractivity contribution in [1.82, 2.24) is 0 Å². The molecular formula is C23H31F3O2. The molecule has 0 amide bonds. The molecule has 28 heavy (non-hydrogen) atoms. The maximum atomic E-state index is 12.3. The van der Waals surface area contributed by atoms with Crippen LogP contribution in [0.3, 0.4) is 0 Å². The van der Waals surface area contributed by atoms with Crippen LogP contribution < -0.4 is 4.74 Å². The third-order valence-electron chi connectivity index (χ3n) is 6.51. The first-order valence-electron chi connectivity index (χ1n) is 10.5. The molecule has 1 aromatic rings. The molecule has 3 rings (SSSR count). The van der Waals surface area contributed by atoms with E-state index in [1.807, 2.05) is 0 Å². The zero-order valence-corrected chi connectivity index (χ0v) is 16.6. The molecule has 0 heterocycles. The lowest BCUT2D eigenvalue weighted by Gasteiger charge is -2.37. The Labute approximate surface area is 166 Å². The van der Waals surface area contributed by atoms with Gasteiger partial charge in [0, 0.05) is 7.11 Å². The molecule has 2 aliphatic rings. The van der Waals surface area contributed by atoms with E-state index in [1.165, 1.54) is 50.7 Å². The van der Waals surface area contributed by atoms with Crippen LogP contribution in [0.2, 0.25) is 0 Å². The Morgan fingerprint density at radius 1 is 0.893 bits per heavy atom. The Balaban J connectivity index is 1.43. The molecule has 0 aliphatic heterocycles. The van der Waals surface area contributed by atoms with Crippen molar-refractivity contribution in [2.75, 3.05) is 13.7 Å². The van der Waals surface area contributed by atoms with Gasteiger partial charge in [-0.1, -0.05) is 24.3 Å². The van der Waals surface area contributed by atoms with Crippen LogP contribution in [0.15, 0.2) is 36.4 Å². The number of halogens is 3. The highest BCUT2D eigenvalue weighted by molar-refractivity contribution is 5.29. The van der Waals surface area contributed by atoms with Gasteiger partial charge in [0.25, 0.3) is 0 Å². The molecule has 0 atom stereocenters. The molecule has 0 saturated heterocycles. The Hall–Kier alpha value is -1.49. The Morgan fingerprint density at radius 3 is 2.00 bits per heavy atom. The van der Waals surface area contributed by atoms with Crippen LogP contribution in [0.4, 0.5) is 13.2 Å². The summed E-state index contributed by atoms with van der Waals surface area (Å²) in [6.07, 6.45) is 9.79. The van der Waals surface area contributed by atoms with E-state index in [2.05, 4.69) is 16.9 Å². The summed E-state index contributed by atoms with van der Waals surface area (Å²) >= 11 is 0. The summed E-state index contributed by atoms with van der Waals surface area (Å²) in [5.41, 5.74) is 1.14. The van der Waals surface area contributed by atoms with Gasteiger partial charge in [-0.2, -0.15) is 0 Å². The van der Waals surface area contributed by atoms with Crippen LogP contribution in [0.5, 0.6) is 5.75 Å². The number of allylic oxidation sites excluding steroid dienone is 1. The molecule has 2 saturated carbocycles. The van der Waals surface area contributed by atoms with Crippen molar-refractivity contribution in [3.8, 4) is 5.75 Å². The number of rotatable bonds is 6. The molecule has 0 spiro atoms. The second kappa shape index (κ2) is 9.82. The Kier molecular flexibility index (Phi) is 7.44. The highest BCUT2D eigenvalue weighted by atomic mass is 19.4. The lowest BCUT2D eigenvalue weighted by atomic mass is 9.68. The number of alkyl halides is 3. The third kappa shape index (κ3) is 6.26. The Bertz CT molecular complexity index is 608. The smallest absolute Gasteiger partial charge is 0.406 e. The van der Waals surface area contributed by atoms with Gasteiger partial charge >= 0.3 is 6.36 Å². The first-order valence-corrected chi connectivity index (χ1v) is 10.5. The van der Waals surface area contributed by atoms with E-state index in [0.29, 0.717) is 18.4 Å². The number of ether oxygens (including phenoxy) is 2. The summed E-state index contributed by atoms with van der Waals surface area (Å²) in [6, 6.07) is 6.47. The zero-order chi connectivity index (χ0) is 20.0. The molecule has 5 heteroatoms. The summed E-state index contributed by atoms with van der Waals surface area (Å²) in [7, 11) is 1.72. The Morgan fingerprint density at radius 2 is 1.46 bits per heavy atom. The third-order valence-corrected chi connectivity index (χ3v) is 6.51. The van der Waals surface area contributed by atoms with Gasteiger partial charge in [-0.15, -0.1) is 13.2 Å². The maximum absolute atomic E-state index is 12.3. The van der Waals surface area contributed by atoms with Crippen molar-refractivity contribution < 1.29 is 22.6 Å². The first kappa shape index (κ1) is 21.2. The number of methoxy groups -OCH3 is 1. The van der Waals surface area contributed by atoms with Crippen molar-refractivity contribution in [1.29, 1.82) is 0 Å². The summed E-state index contributed by atoms with van der Waals surface area (Å²) in [4.78, 5) is 0. The standard InChI is InChI=1S/C23H31F3O2/c1-27-16-2-3-17-4-6-18(7-5-17)19-8-10-20(11-9-19)21-12-14-22(15-13-21)28-23(24,25)26/h2-3,12-15,17-20H,4-11,16H2,1H3/b3-2+/t17-,18-,19?,20?. The largest absolute Gasteiger partial charge is 0.573 e. The van der Waals surface area contributed by atoms with E-state index in [4.69, 9.17) is 4.74 Å². The summed E-state index contributed by atoms with van der Waals surface area (Å²) in [5.74, 6) is 2.69. The molecular weight excluding hydrogens is 365 g/mol. The summed E-state index contributed by atoms with van der Waals surface area (Å²) < 4.78 is 45.9. The lowest BCUT2D eigenvalue weighted by Crippen LogP contribution is -2.25. The van der Waals surface area contributed by atoms with Gasteiger partial charge in [0.1, 0.15) is 5.75 Å². The quantitative estimate of drug-likeness (QED) is 0.489. The van der Waals surface area contributed by atoms with Crippen molar-refractivity contribution in [3.05, 3.63) is 42.0 Å². The minimum Gasteiger partial charge on any atom is -0.406 e. The molecule has 156 valence electrons. The van der Waals surface area contributed by atoms with Crippen molar-refractivity contribution in [2.45, 2.75) is 63.6 Å². The SMILES string of the molecule is COC/C=C/[C@H]1CC[C@H](C2CCC(c3ccc(OC(F)(F)F)cc3)CC2)CC1. The molecule has 2 aliphatic carbocycles. The van der Waals surface area contributed by atoms with Gasteiger partial charge in [-0.25, -0.2) is 0 Å².